The molecular formula is C13H17NO. The van der Waals surface area contributed by atoms with Gasteiger partial charge in [0.05, 0.1) is 0 Å². The molecule has 0 atom stereocenters. The van der Waals surface area contributed by atoms with E-state index in [1.165, 1.54) is 16.7 Å². The van der Waals surface area contributed by atoms with Crippen molar-refractivity contribution in [3.05, 3.63) is 34.9 Å². The summed E-state index contributed by atoms with van der Waals surface area (Å²) in [6.07, 6.45) is 2.14. The monoisotopic (exact) mass is 203 g/mol. The van der Waals surface area contributed by atoms with Gasteiger partial charge in [0.15, 0.2) is 0 Å². The maximum Gasteiger partial charge on any atom is 0.223 e. The lowest BCUT2D eigenvalue weighted by Crippen LogP contribution is -2.24. The van der Waals surface area contributed by atoms with E-state index in [1.54, 1.807) is 0 Å². The lowest BCUT2D eigenvalue weighted by molar-refractivity contribution is -0.122. The van der Waals surface area contributed by atoms with E-state index < -0.39 is 0 Å². The maximum atomic E-state index is 11.4. The lowest BCUT2D eigenvalue weighted by Gasteiger charge is -2.08. The van der Waals surface area contributed by atoms with Crippen LogP contribution in [0.3, 0.4) is 0 Å². The number of amides is 1. The van der Waals surface area contributed by atoms with Gasteiger partial charge in [0.25, 0.3) is 0 Å². The Morgan fingerprint density at radius 2 is 2.13 bits per heavy atom. The van der Waals surface area contributed by atoms with E-state index in [1.807, 2.05) is 0 Å². The van der Waals surface area contributed by atoms with Gasteiger partial charge in [0.1, 0.15) is 0 Å². The highest BCUT2D eigenvalue weighted by Gasteiger charge is 2.29. The summed E-state index contributed by atoms with van der Waals surface area (Å²) in [5.41, 5.74) is 3.74. The normalized spacial score (nSPS) is 15.1. The second-order valence-corrected chi connectivity index (χ2v) is 4.42. The van der Waals surface area contributed by atoms with Gasteiger partial charge in [-0.25, -0.2) is 0 Å². The zero-order valence-electron chi connectivity index (χ0n) is 9.34. The molecule has 0 spiro atoms. The topological polar surface area (TPSA) is 29.1 Å². The summed E-state index contributed by atoms with van der Waals surface area (Å²) >= 11 is 0. The summed E-state index contributed by atoms with van der Waals surface area (Å²) in [5.74, 6) is 0.519. The molecule has 1 aromatic carbocycles. The Bertz CT molecular complexity index is 380. The van der Waals surface area contributed by atoms with Crippen LogP contribution in [0.1, 0.15) is 29.5 Å². The minimum Gasteiger partial charge on any atom is -0.352 e. The summed E-state index contributed by atoms with van der Waals surface area (Å²) in [6, 6.07) is 6.34. The van der Waals surface area contributed by atoms with Gasteiger partial charge < -0.3 is 5.32 Å². The van der Waals surface area contributed by atoms with Gasteiger partial charge in [-0.3, -0.25) is 4.79 Å². The SMILES string of the molecule is Cc1ccc(CNC(=O)C2CC2)c(C)c1. The number of hydrogen-bond donors (Lipinski definition) is 1. The predicted molar refractivity (Wildman–Crippen MR) is 60.5 cm³/mol. The molecule has 15 heavy (non-hydrogen) atoms. The summed E-state index contributed by atoms with van der Waals surface area (Å²) in [4.78, 5) is 11.4. The molecule has 0 aromatic heterocycles. The van der Waals surface area contributed by atoms with Crippen LogP contribution >= 0.6 is 0 Å². The fourth-order valence-electron chi connectivity index (χ4n) is 1.72. The summed E-state index contributed by atoms with van der Waals surface area (Å²) in [7, 11) is 0. The van der Waals surface area contributed by atoms with Crippen LogP contribution in [0.15, 0.2) is 18.2 Å². The Hall–Kier alpha value is -1.31. The van der Waals surface area contributed by atoms with Crippen LogP contribution < -0.4 is 5.32 Å². The molecule has 1 aliphatic rings. The van der Waals surface area contributed by atoms with Gasteiger partial charge in [-0.15, -0.1) is 0 Å². The molecule has 0 bridgehead atoms. The summed E-state index contributed by atoms with van der Waals surface area (Å²) in [5, 5.41) is 2.98. The number of carbonyl (C=O) groups excluding carboxylic acids is 1. The summed E-state index contributed by atoms with van der Waals surface area (Å²) in [6.45, 7) is 4.84. The molecule has 0 heterocycles. The first-order valence-corrected chi connectivity index (χ1v) is 5.50. The molecule has 1 amide bonds. The van der Waals surface area contributed by atoms with Crippen molar-refractivity contribution in [2.45, 2.75) is 33.2 Å². The average Bonchev–Trinajstić information content (AvgIpc) is 2.99. The van der Waals surface area contributed by atoms with Crippen LogP contribution in [0, 0.1) is 19.8 Å². The van der Waals surface area contributed by atoms with Crippen LogP contribution in [0.2, 0.25) is 0 Å². The summed E-state index contributed by atoms with van der Waals surface area (Å²) < 4.78 is 0. The molecule has 1 N–H and O–H groups in total. The van der Waals surface area contributed by atoms with E-state index in [4.69, 9.17) is 0 Å². The molecular weight excluding hydrogens is 186 g/mol. The van der Waals surface area contributed by atoms with Gasteiger partial charge in [0, 0.05) is 12.5 Å². The molecule has 2 rings (SSSR count). The van der Waals surface area contributed by atoms with Crippen LogP contribution in [-0.4, -0.2) is 5.91 Å². The zero-order chi connectivity index (χ0) is 10.8. The highest BCUT2D eigenvalue weighted by Crippen LogP contribution is 2.28. The third kappa shape index (κ3) is 2.58. The minimum atomic E-state index is 0.218. The molecule has 1 aliphatic carbocycles. The Kier molecular flexibility index (Phi) is 2.76. The fraction of sp³-hybridized carbons (Fsp3) is 0.462. The van der Waals surface area contributed by atoms with Gasteiger partial charge in [-0.1, -0.05) is 23.8 Å². The Labute approximate surface area is 90.7 Å². The predicted octanol–water partition coefficient (Wildman–Crippen LogP) is 2.33. The third-order valence-electron chi connectivity index (χ3n) is 2.90. The molecule has 0 saturated heterocycles. The number of aryl methyl sites for hydroxylation is 2. The van der Waals surface area contributed by atoms with E-state index >= 15 is 0 Å². The smallest absolute Gasteiger partial charge is 0.223 e. The number of benzene rings is 1. The Morgan fingerprint density at radius 3 is 2.73 bits per heavy atom. The fourth-order valence-corrected chi connectivity index (χ4v) is 1.72. The van der Waals surface area contributed by atoms with Gasteiger partial charge in [0.2, 0.25) is 5.91 Å². The number of hydrogen-bond acceptors (Lipinski definition) is 1. The first-order valence-electron chi connectivity index (χ1n) is 5.50. The van der Waals surface area contributed by atoms with Crippen molar-refractivity contribution in [1.29, 1.82) is 0 Å². The van der Waals surface area contributed by atoms with Crippen molar-refractivity contribution < 1.29 is 4.79 Å². The molecule has 1 saturated carbocycles. The molecule has 2 nitrogen and oxygen atoms in total. The number of rotatable bonds is 3. The van der Waals surface area contributed by atoms with Crippen LogP contribution in [0.4, 0.5) is 0 Å². The standard InChI is InChI=1S/C13H17NO/c1-9-3-4-12(10(2)7-9)8-14-13(15)11-5-6-11/h3-4,7,11H,5-6,8H2,1-2H3,(H,14,15). The lowest BCUT2D eigenvalue weighted by atomic mass is 10.1. The second kappa shape index (κ2) is 4.05. The van der Waals surface area contributed by atoms with Crippen molar-refractivity contribution in [2.24, 2.45) is 5.92 Å². The van der Waals surface area contributed by atoms with Crippen LogP contribution in [-0.2, 0) is 11.3 Å². The average molecular weight is 203 g/mol. The van der Waals surface area contributed by atoms with E-state index in [-0.39, 0.29) is 5.91 Å². The van der Waals surface area contributed by atoms with E-state index in [9.17, 15) is 4.79 Å². The Balaban J connectivity index is 1.95. The molecule has 0 unspecified atom stereocenters. The van der Waals surface area contributed by atoms with Gasteiger partial charge in [-0.05, 0) is 37.8 Å². The molecule has 0 radical (unpaired) electrons. The van der Waals surface area contributed by atoms with Gasteiger partial charge in [-0.2, -0.15) is 0 Å². The third-order valence-corrected chi connectivity index (χ3v) is 2.90. The van der Waals surface area contributed by atoms with Crippen molar-refractivity contribution in [1.82, 2.24) is 5.32 Å². The number of carbonyl (C=O) groups is 1. The van der Waals surface area contributed by atoms with Crippen molar-refractivity contribution in [3.63, 3.8) is 0 Å². The van der Waals surface area contributed by atoms with E-state index in [0.29, 0.717) is 12.5 Å². The molecule has 0 aliphatic heterocycles. The highest BCUT2D eigenvalue weighted by molar-refractivity contribution is 5.80. The maximum absolute atomic E-state index is 11.4. The molecule has 80 valence electrons. The second-order valence-electron chi connectivity index (χ2n) is 4.42. The molecule has 1 aromatic rings. The van der Waals surface area contributed by atoms with Crippen LogP contribution in [0.25, 0.3) is 0 Å². The van der Waals surface area contributed by atoms with E-state index in [0.717, 1.165) is 12.8 Å². The van der Waals surface area contributed by atoms with Crippen LogP contribution in [0.5, 0.6) is 0 Å². The largest absolute Gasteiger partial charge is 0.352 e. The van der Waals surface area contributed by atoms with E-state index in [2.05, 4.69) is 37.4 Å². The Morgan fingerprint density at radius 1 is 1.40 bits per heavy atom. The first kappa shape index (κ1) is 10.2. The zero-order valence-corrected chi connectivity index (χ0v) is 9.34. The molecule has 1 fully saturated rings. The highest BCUT2D eigenvalue weighted by atomic mass is 16.2. The quantitative estimate of drug-likeness (QED) is 0.802. The minimum absolute atomic E-state index is 0.218. The van der Waals surface area contributed by atoms with Crippen molar-refractivity contribution in [3.8, 4) is 0 Å². The number of nitrogens with one attached hydrogen (secondary N) is 1. The van der Waals surface area contributed by atoms with Crippen molar-refractivity contribution in [2.75, 3.05) is 0 Å². The molecule has 2 heteroatoms. The first-order chi connectivity index (χ1) is 7.16. The van der Waals surface area contributed by atoms with Crippen molar-refractivity contribution >= 4 is 5.91 Å². The van der Waals surface area contributed by atoms with Gasteiger partial charge >= 0.3 is 0 Å².